The Morgan fingerprint density at radius 3 is 2.86 bits per heavy atom. The number of hydrogen-bond donors (Lipinski definition) is 1. The maximum Gasteiger partial charge on any atom is 0.326 e. The van der Waals surface area contributed by atoms with E-state index in [1.807, 2.05) is 13.0 Å². The molecule has 0 aromatic heterocycles. The standard InChI is InChI=1S/C14H15BrN2O4S/c1-9-2-3-10(6-11(9)15)16-12(18)8-21-13(19)7-17-4-5-22-14(17)20/h2-3,6H,4-5,7-8H2,1H3,(H,16,18). The fraction of sp³-hybridized carbons (Fsp3) is 0.357. The predicted octanol–water partition coefficient (Wildman–Crippen LogP) is 2.41. The van der Waals surface area contributed by atoms with Gasteiger partial charge in [0.25, 0.3) is 11.1 Å². The topological polar surface area (TPSA) is 75.7 Å². The van der Waals surface area contributed by atoms with Gasteiger partial charge in [-0.05, 0) is 24.6 Å². The minimum Gasteiger partial charge on any atom is -0.454 e. The zero-order valence-corrected chi connectivity index (χ0v) is 14.3. The molecule has 0 aliphatic carbocycles. The Morgan fingerprint density at radius 1 is 1.45 bits per heavy atom. The Labute approximate surface area is 140 Å². The van der Waals surface area contributed by atoms with Crippen LogP contribution in [0.1, 0.15) is 5.56 Å². The van der Waals surface area contributed by atoms with Gasteiger partial charge in [-0.2, -0.15) is 0 Å². The number of carbonyl (C=O) groups is 3. The van der Waals surface area contributed by atoms with Crippen LogP contribution >= 0.6 is 27.7 Å². The van der Waals surface area contributed by atoms with E-state index < -0.39 is 11.9 Å². The summed E-state index contributed by atoms with van der Waals surface area (Å²) in [7, 11) is 0. The summed E-state index contributed by atoms with van der Waals surface area (Å²) >= 11 is 4.55. The minimum absolute atomic E-state index is 0.116. The van der Waals surface area contributed by atoms with Crippen molar-refractivity contribution in [3.63, 3.8) is 0 Å². The number of nitrogens with zero attached hydrogens (tertiary/aromatic N) is 1. The smallest absolute Gasteiger partial charge is 0.326 e. The summed E-state index contributed by atoms with van der Waals surface area (Å²) in [5.41, 5.74) is 1.67. The Balaban J connectivity index is 1.76. The highest BCUT2D eigenvalue weighted by atomic mass is 79.9. The van der Waals surface area contributed by atoms with E-state index in [0.717, 1.165) is 10.0 Å². The third-order valence-corrected chi connectivity index (χ3v) is 4.73. The third kappa shape index (κ3) is 4.74. The lowest BCUT2D eigenvalue weighted by Gasteiger charge is -2.13. The molecule has 1 aliphatic rings. The molecule has 1 aromatic rings. The van der Waals surface area contributed by atoms with Crippen molar-refractivity contribution in [1.29, 1.82) is 0 Å². The number of anilines is 1. The van der Waals surface area contributed by atoms with E-state index in [2.05, 4.69) is 21.2 Å². The monoisotopic (exact) mass is 386 g/mol. The highest BCUT2D eigenvalue weighted by Gasteiger charge is 2.24. The lowest BCUT2D eigenvalue weighted by atomic mass is 10.2. The van der Waals surface area contributed by atoms with Gasteiger partial charge in [0.15, 0.2) is 6.61 Å². The van der Waals surface area contributed by atoms with Crippen molar-refractivity contribution in [2.45, 2.75) is 6.92 Å². The highest BCUT2D eigenvalue weighted by molar-refractivity contribution is 9.10. The molecule has 0 unspecified atom stereocenters. The molecule has 1 fully saturated rings. The van der Waals surface area contributed by atoms with Gasteiger partial charge in [0.2, 0.25) is 0 Å². The van der Waals surface area contributed by atoms with Gasteiger partial charge in [0, 0.05) is 22.5 Å². The van der Waals surface area contributed by atoms with Gasteiger partial charge < -0.3 is 15.0 Å². The fourth-order valence-corrected chi connectivity index (χ4v) is 2.99. The van der Waals surface area contributed by atoms with Crippen LogP contribution in [0.15, 0.2) is 22.7 Å². The summed E-state index contributed by atoms with van der Waals surface area (Å²) < 4.78 is 5.76. The molecule has 1 aliphatic heterocycles. The number of nitrogens with one attached hydrogen (secondary N) is 1. The largest absolute Gasteiger partial charge is 0.454 e. The molecule has 0 bridgehead atoms. The third-order valence-electron chi connectivity index (χ3n) is 2.98. The Kier molecular flexibility index (Phi) is 5.84. The van der Waals surface area contributed by atoms with Crippen LogP contribution in [0.2, 0.25) is 0 Å². The number of halogens is 1. The second-order valence-corrected chi connectivity index (χ2v) is 6.61. The average molecular weight is 387 g/mol. The van der Waals surface area contributed by atoms with E-state index in [9.17, 15) is 14.4 Å². The van der Waals surface area contributed by atoms with Crippen molar-refractivity contribution in [1.82, 2.24) is 4.90 Å². The molecule has 1 aromatic carbocycles. The van der Waals surface area contributed by atoms with Crippen LogP contribution in [0.4, 0.5) is 10.5 Å². The molecule has 0 radical (unpaired) electrons. The summed E-state index contributed by atoms with van der Waals surface area (Å²) in [5, 5.41) is 2.50. The molecule has 1 saturated heterocycles. The van der Waals surface area contributed by atoms with Crippen molar-refractivity contribution in [2.24, 2.45) is 0 Å². The van der Waals surface area contributed by atoms with Crippen LogP contribution in [-0.4, -0.2) is 47.5 Å². The number of amides is 2. The number of carbonyl (C=O) groups excluding carboxylic acids is 3. The number of aryl methyl sites for hydroxylation is 1. The molecule has 8 heteroatoms. The van der Waals surface area contributed by atoms with Crippen LogP contribution in [0, 0.1) is 6.92 Å². The van der Waals surface area contributed by atoms with Gasteiger partial charge in [0.1, 0.15) is 6.54 Å². The number of thioether (sulfide) groups is 1. The van der Waals surface area contributed by atoms with E-state index in [1.165, 1.54) is 16.7 Å². The van der Waals surface area contributed by atoms with Crippen LogP contribution in [0.25, 0.3) is 0 Å². The molecule has 1 heterocycles. The average Bonchev–Trinajstić information content (AvgIpc) is 2.86. The SMILES string of the molecule is Cc1ccc(NC(=O)COC(=O)CN2CCSC2=O)cc1Br. The van der Waals surface area contributed by atoms with Gasteiger partial charge in [-0.3, -0.25) is 14.4 Å². The van der Waals surface area contributed by atoms with Crippen molar-refractivity contribution >= 4 is 50.5 Å². The van der Waals surface area contributed by atoms with E-state index >= 15 is 0 Å². The summed E-state index contributed by atoms with van der Waals surface area (Å²) in [6, 6.07) is 5.40. The number of esters is 1. The number of rotatable bonds is 5. The zero-order chi connectivity index (χ0) is 16.1. The molecule has 0 saturated carbocycles. The molecule has 6 nitrogen and oxygen atoms in total. The Morgan fingerprint density at radius 2 is 2.23 bits per heavy atom. The molecule has 0 atom stereocenters. The molecule has 118 valence electrons. The normalized spacial score (nSPS) is 14.1. The fourth-order valence-electron chi connectivity index (χ4n) is 1.78. The molecular formula is C14H15BrN2O4S. The van der Waals surface area contributed by atoms with Gasteiger partial charge in [0.05, 0.1) is 0 Å². The first-order valence-electron chi connectivity index (χ1n) is 6.59. The maximum atomic E-state index is 11.7. The molecule has 2 rings (SSSR count). The Hall–Kier alpha value is -1.54. The summed E-state index contributed by atoms with van der Waals surface area (Å²) in [5.74, 6) is -0.336. The van der Waals surface area contributed by atoms with E-state index in [-0.39, 0.29) is 18.4 Å². The van der Waals surface area contributed by atoms with Crippen molar-refractivity contribution in [2.75, 3.05) is 30.8 Å². The summed E-state index contributed by atoms with van der Waals surface area (Å²) in [4.78, 5) is 36.1. The molecular weight excluding hydrogens is 372 g/mol. The van der Waals surface area contributed by atoms with Gasteiger partial charge >= 0.3 is 5.97 Å². The number of hydrogen-bond acceptors (Lipinski definition) is 5. The summed E-state index contributed by atoms with van der Waals surface area (Å²) in [6.45, 7) is 1.98. The van der Waals surface area contributed by atoms with Crippen molar-refractivity contribution in [3.8, 4) is 0 Å². The second-order valence-electron chi connectivity index (χ2n) is 4.71. The molecule has 2 amide bonds. The van der Waals surface area contributed by atoms with E-state index in [4.69, 9.17) is 4.74 Å². The van der Waals surface area contributed by atoms with Crippen molar-refractivity contribution < 1.29 is 19.1 Å². The van der Waals surface area contributed by atoms with Crippen LogP contribution in [0.5, 0.6) is 0 Å². The molecule has 0 spiro atoms. The van der Waals surface area contributed by atoms with Crippen LogP contribution in [-0.2, 0) is 14.3 Å². The molecule has 22 heavy (non-hydrogen) atoms. The Bertz CT molecular complexity index is 609. The molecule has 1 N–H and O–H groups in total. The predicted molar refractivity (Wildman–Crippen MR) is 87.9 cm³/mol. The second kappa shape index (κ2) is 7.64. The van der Waals surface area contributed by atoms with E-state index in [1.54, 1.807) is 12.1 Å². The zero-order valence-electron chi connectivity index (χ0n) is 11.9. The first kappa shape index (κ1) is 16.8. The van der Waals surface area contributed by atoms with Crippen LogP contribution in [0.3, 0.4) is 0 Å². The van der Waals surface area contributed by atoms with Crippen LogP contribution < -0.4 is 5.32 Å². The number of ether oxygens (including phenoxy) is 1. The van der Waals surface area contributed by atoms with Gasteiger partial charge in [-0.15, -0.1) is 0 Å². The quantitative estimate of drug-likeness (QED) is 0.786. The minimum atomic E-state index is -0.587. The lowest BCUT2D eigenvalue weighted by molar-refractivity contribution is -0.147. The van der Waals surface area contributed by atoms with Gasteiger partial charge in [-0.1, -0.05) is 33.8 Å². The van der Waals surface area contributed by atoms with Crippen molar-refractivity contribution in [3.05, 3.63) is 28.2 Å². The van der Waals surface area contributed by atoms with Gasteiger partial charge in [-0.25, -0.2) is 0 Å². The highest BCUT2D eigenvalue weighted by Crippen LogP contribution is 2.20. The van der Waals surface area contributed by atoms with E-state index in [0.29, 0.717) is 18.0 Å². The first-order valence-corrected chi connectivity index (χ1v) is 8.37. The first-order chi connectivity index (χ1) is 10.5. The summed E-state index contributed by atoms with van der Waals surface area (Å²) in [6.07, 6.45) is 0. The maximum absolute atomic E-state index is 11.7. The number of benzene rings is 1. The lowest BCUT2D eigenvalue weighted by Crippen LogP contribution is -2.32.